The molecular formula is C23H27N5O2S. The molecule has 2 amide bonds. The Kier molecular flexibility index (Phi) is 5.91. The van der Waals surface area contributed by atoms with Crippen molar-refractivity contribution in [3.8, 4) is 16.9 Å². The fraction of sp³-hybridized carbons (Fsp3) is 0.391. The van der Waals surface area contributed by atoms with Gasteiger partial charge in [0, 0.05) is 41.5 Å². The summed E-state index contributed by atoms with van der Waals surface area (Å²) in [6.45, 7) is 11.1. The Morgan fingerprint density at radius 2 is 2.06 bits per heavy atom. The van der Waals surface area contributed by atoms with Gasteiger partial charge in [0.2, 0.25) is 0 Å². The predicted molar refractivity (Wildman–Crippen MR) is 125 cm³/mol. The van der Waals surface area contributed by atoms with Crippen LogP contribution in [-0.2, 0) is 5.41 Å². The highest BCUT2D eigenvalue weighted by Gasteiger charge is 2.24. The number of thiazole rings is 1. The molecule has 0 atom stereocenters. The van der Waals surface area contributed by atoms with E-state index < -0.39 is 0 Å². The van der Waals surface area contributed by atoms with Gasteiger partial charge in [0.1, 0.15) is 11.6 Å². The molecule has 162 valence electrons. The van der Waals surface area contributed by atoms with Crippen LogP contribution in [0, 0.1) is 5.92 Å². The van der Waals surface area contributed by atoms with Crippen molar-refractivity contribution in [1.82, 2.24) is 20.3 Å². The number of nitrogens with one attached hydrogen (secondary N) is 2. The van der Waals surface area contributed by atoms with Gasteiger partial charge in [-0.15, -0.1) is 6.58 Å². The Balaban J connectivity index is 1.69. The van der Waals surface area contributed by atoms with Crippen molar-refractivity contribution in [1.29, 1.82) is 0 Å². The summed E-state index contributed by atoms with van der Waals surface area (Å²) in [5.74, 6) is 2.13. The number of urea groups is 1. The van der Waals surface area contributed by atoms with Crippen LogP contribution in [0.5, 0.6) is 5.75 Å². The number of rotatable bonds is 8. The van der Waals surface area contributed by atoms with Crippen molar-refractivity contribution < 1.29 is 9.53 Å². The SMILES string of the molecule is C=CC(C)(C)c1ncc(-c2cc3nc(NC(=O)NCC)sc3cc2OCC2CC2)cn1. The molecule has 1 aliphatic rings. The van der Waals surface area contributed by atoms with Gasteiger partial charge in [-0.25, -0.2) is 19.7 Å². The van der Waals surface area contributed by atoms with Gasteiger partial charge in [0.05, 0.1) is 16.8 Å². The van der Waals surface area contributed by atoms with Gasteiger partial charge in [-0.2, -0.15) is 0 Å². The van der Waals surface area contributed by atoms with Crippen LogP contribution in [0.15, 0.2) is 37.2 Å². The van der Waals surface area contributed by atoms with Crippen LogP contribution in [0.2, 0.25) is 0 Å². The fourth-order valence-electron chi connectivity index (χ4n) is 3.04. The highest BCUT2D eigenvalue weighted by atomic mass is 32.1. The molecule has 0 spiro atoms. The summed E-state index contributed by atoms with van der Waals surface area (Å²) in [5, 5.41) is 6.05. The normalized spacial score (nSPS) is 13.8. The first kappa shape index (κ1) is 21.2. The second kappa shape index (κ2) is 8.63. The summed E-state index contributed by atoms with van der Waals surface area (Å²) in [5.41, 5.74) is 2.25. The van der Waals surface area contributed by atoms with Crippen LogP contribution in [0.1, 0.15) is 39.4 Å². The van der Waals surface area contributed by atoms with Crippen LogP contribution < -0.4 is 15.4 Å². The number of carbonyl (C=O) groups excluding carboxylic acids is 1. The molecule has 3 aromatic rings. The van der Waals surface area contributed by atoms with Crippen LogP contribution in [0.4, 0.5) is 9.93 Å². The number of fused-ring (bicyclic) bond motifs is 1. The molecule has 1 saturated carbocycles. The van der Waals surface area contributed by atoms with E-state index in [0.717, 1.165) is 32.9 Å². The molecule has 0 aliphatic heterocycles. The van der Waals surface area contributed by atoms with Gasteiger partial charge in [-0.1, -0.05) is 17.4 Å². The van der Waals surface area contributed by atoms with E-state index in [4.69, 9.17) is 4.74 Å². The number of hydrogen-bond donors (Lipinski definition) is 2. The summed E-state index contributed by atoms with van der Waals surface area (Å²) < 4.78 is 7.13. The number of allylic oxidation sites excluding steroid dienone is 1. The van der Waals surface area contributed by atoms with Gasteiger partial charge < -0.3 is 10.1 Å². The molecule has 2 aromatic heterocycles. The van der Waals surface area contributed by atoms with E-state index in [1.165, 1.54) is 24.2 Å². The van der Waals surface area contributed by atoms with Gasteiger partial charge in [-0.3, -0.25) is 5.32 Å². The van der Waals surface area contributed by atoms with Crippen molar-refractivity contribution in [2.75, 3.05) is 18.5 Å². The molecule has 0 saturated heterocycles. The molecule has 31 heavy (non-hydrogen) atoms. The molecule has 8 heteroatoms. The summed E-state index contributed by atoms with van der Waals surface area (Å²) in [4.78, 5) is 25.6. The smallest absolute Gasteiger partial charge is 0.321 e. The van der Waals surface area contributed by atoms with Crippen molar-refractivity contribution in [3.05, 3.63) is 43.0 Å². The van der Waals surface area contributed by atoms with E-state index in [-0.39, 0.29) is 11.4 Å². The number of carbonyl (C=O) groups is 1. The second-order valence-electron chi connectivity index (χ2n) is 8.30. The van der Waals surface area contributed by atoms with E-state index in [1.54, 1.807) is 0 Å². The summed E-state index contributed by atoms with van der Waals surface area (Å²) in [6, 6.07) is 3.71. The lowest BCUT2D eigenvalue weighted by Crippen LogP contribution is -2.28. The molecule has 1 aromatic carbocycles. The molecule has 7 nitrogen and oxygen atoms in total. The van der Waals surface area contributed by atoms with E-state index in [1.807, 2.05) is 51.4 Å². The molecule has 2 heterocycles. The summed E-state index contributed by atoms with van der Waals surface area (Å²) in [7, 11) is 0. The lowest BCUT2D eigenvalue weighted by Gasteiger charge is -2.18. The first-order chi connectivity index (χ1) is 14.9. The second-order valence-corrected chi connectivity index (χ2v) is 9.33. The zero-order chi connectivity index (χ0) is 22.0. The zero-order valence-corrected chi connectivity index (χ0v) is 18.9. The maximum Gasteiger partial charge on any atom is 0.321 e. The monoisotopic (exact) mass is 437 g/mol. The third kappa shape index (κ3) is 4.85. The lowest BCUT2D eigenvalue weighted by molar-refractivity contribution is 0.252. The Morgan fingerprint density at radius 1 is 1.32 bits per heavy atom. The molecule has 1 aliphatic carbocycles. The molecule has 0 radical (unpaired) electrons. The minimum absolute atomic E-state index is 0.263. The predicted octanol–water partition coefficient (Wildman–Crippen LogP) is 5.15. The van der Waals surface area contributed by atoms with Gasteiger partial charge in [-0.05, 0) is 45.6 Å². The fourth-order valence-corrected chi connectivity index (χ4v) is 3.91. The molecule has 0 unspecified atom stereocenters. The van der Waals surface area contributed by atoms with Crippen LogP contribution in [0.3, 0.4) is 0 Å². The molecule has 0 bridgehead atoms. The first-order valence-corrected chi connectivity index (χ1v) is 11.3. The molecule has 4 rings (SSSR count). The lowest BCUT2D eigenvalue weighted by atomic mass is 9.92. The summed E-state index contributed by atoms with van der Waals surface area (Å²) in [6.07, 6.45) is 7.91. The number of benzene rings is 1. The molecule has 2 N–H and O–H groups in total. The van der Waals surface area contributed by atoms with Crippen LogP contribution in [0.25, 0.3) is 21.3 Å². The Hall–Kier alpha value is -3.00. The van der Waals surface area contributed by atoms with Crippen molar-refractivity contribution in [2.45, 2.75) is 39.0 Å². The first-order valence-electron chi connectivity index (χ1n) is 10.5. The standard InChI is InChI=1S/C23H27N5O2S/c1-5-23(3,4)20-25-11-15(12-26-20)16-9-17-19(10-18(16)30-13-14-7-8-14)31-22(27-17)28-21(29)24-6-2/h5,9-12,14H,1,6-8,13H2,2-4H3,(H2,24,27,28,29). The van der Waals surface area contributed by atoms with Gasteiger partial charge in [0.25, 0.3) is 0 Å². The third-order valence-electron chi connectivity index (χ3n) is 5.27. The Morgan fingerprint density at radius 3 is 2.71 bits per heavy atom. The molecular weight excluding hydrogens is 410 g/mol. The maximum absolute atomic E-state index is 11.9. The van der Waals surface area contributed by atoms with Crippen molar-refractivity contribution in [2.24, 2.45) is 5.92 Å². The van der Waals surface area contributed by atoms with Crippen molar-refractivity contribution in [3.63, 3.8) is 0 Å². The highest BCUT2D eigenvalue weighted by Crippen LogP contribution is 2.39. The van der Waals surface area contributed by atoms with E-state index in [0.29, 0.717) is 24.2 Å². The third-order valence-corrected chi connectivity index (χ3v) is 6.20. The number of amides is 2. The van der Waals surface area contributed by atoms with Crippen LogP contribution in [-0.4, -0.2) is 34.1 Å². The average molecular weight is 438 g/mol. The average Bonchev–Trinajstić information content (AvgIpc) is 3.50. The van der Waals surface area contributed by atoms with Crippen molar-refractivity contribution >= 4 is 32.7 Å². The Labute approximate surface area is 186 Å². The topological polar surface area (TPSA) is 89.0 Å². The minimum atomic E-state index is -0.303. The quantitative estimate of drug-likeness (QED) is 0.476. The van der Waals surface area contributed by atoms with E-state index >= 15 is 0 Å². The minimum Gasteiger partial charge on any atom is -0.493 e. The number of anilines is 1. The largest absolute Gasteiger partial charge is 0.493 e. The number of ether oxygens (including phenoxy) is 1. The highest BCUT2D eigenvalue weighted by molar-refractivity contribution is 7.22. The number of hydrogen-bond acceptors (Lipinski definition) is 6. The molecule has 1 fully saturated rings. The van der Waals surface area contributed by atoms with E-state index in [9.17, 15) is 4.79 Å². The number of nitrogens with zero attached hydrogens (tertiary/aromatic N) is 3. The Bertz CT molecular complexity index is 1100. The number of aromatic nitrogens is 3. The zero-order valence-electron chi connectivity index (χ0n) is 18.1. The summed E-state index contributed by atoms with van der Waals surface area (Å²) >= 11 is 1.42. The maximum atomic E-state index is 11.9. The van der Waals surface area contributed by atoms with Crippen LogP contribution >= 0.6 is 11.3 Å². The van der Waals surface area contributed by atoms with Gasteiger partial charge >= 0.3 is 6.03 Å². The van der Waals surface area contributed by atoms with E-state index in [2.05, 4.69) is 32.2 Å². The van der Waals surface area contributed by atoms with Gasteiger partial charge in [0.15, 0.2) is 5.13 Å².